The number of aromatic nitrogens is 1. The van der Waals surface area contributed by atoms with Gasteiger partial charge in [0.25, 0.3) is 0 Å². The summed E-state index contributed by atoms with van der Waals surface area (Å²) in [5.74, 6) is -0.0194. The van der Waals surface area contributed by atoms with E-state index in [1.807, 2.05) is 16.7 Å². The second kappa shape index (κ2) is 10.3. The minimum atomic E-state index is -0.540. The average Bonchev–Trinajstić information content (AvgIpc) is 3.20. The van der Waals surface area contributed by atoms with Crippen molar-refractivity contribution in [1.29, 1.82) is 0 Å². The predicted octanol–water partition coefficient (Wildman–Crippen LogP) is 7.85. The Bertz CT molecular complexity index is 1280. The van der Waals surface area contributed by atoms with E-state index in [2.05, 4.69) is 61.5 Å². The lowest BCUT2D eigenvalue weighted by Crippen LogP contribution is -2.55. The molecular formula is C31H42N2O3S. The van der Waals surface area contributed by atoms with Crippen molar-refractivity contribution in [2.24, 2.45) is 5.92 Å². The lowest BCUT2D eigenvalue weighted by molar-refractivity contribution is -0.120. The number of nitrogens with zero attached hydrogens (tertiary/aromatic N) is 2. The molecule has 2 N–H and O–H groups in total. The Morgan fingerprint density at radius 3 is 2.19 bits per heavy atom. The van der Waals surface area contributed by atoms with E-state index < -0.39 is 5.54 Å². The van der Waals surface area contributed by atoms with Gasteiger partial charge in [-0.15, -0.1) is 0 Å². The maximum Gasteiger partial charge on any atom is 0.248 e. The predicted molar refractivity (Wildman–Crippen MR) is 155 cm³/mol. The molecule has 2 aliphatic rings. The van der Waals surface area contributed by atoms with E-state index in [0.717, 1.165) is 37.8 Å². The SMILES string of the molecule is CCC1=C(CC)C(CC)C2=C(S1)C(C)(CC)N(C(=O)Cn1c(O)ccc1O)c1c2cc(C)c(C)c1CC. The largest absolute Gasteiger partial charge is 0.494 e. The Kier molecular flexibility index (Phi) is 7.62. The molecule has 1 aromatic carbocycles. The van der Waals surface area contributed by atoms with Crippen molar-refractivity contribution in [2.75, 3.05) is 4.90 Å². The van der Waals surface area contributed by atoms with Crippen LogP contribution < -0.4 is 4.90 Å². The van der Waals surface area contributed by atoms with Gasteiger partial charge in [-0.25, -0.2) is 0 Å². The van der Waals surface area contributed by atoms with Crippen LogP contribution in [0.3, 0.4) is 0 Å². The summed E-state index contributed by atoms with van der Waals surface area (Å²) in [7, 11) is 0. The zero-order valence-electron chi connectivity index (χ0n) is 23.7. The molecule has 2 aromatic rings. The van der Waals surface area contributed by atoms with Gasteiger partial charge in [0, 0.05) is 28.5 Å². The molecule has 200 valence electrons. The van der Waals surface area contributed by atoms with E-state index in [-0.39, 0.29) is 24.2 Å². The molecule has 2 unspecified atom stereocenters. The van der Waals surface area contributed by atoms with Crippen LogP contribution in [-0.2, 0) is 17.8 Å². The third-order valence-corrected chi connectivity index (χ3v) is 10.3. The highest BCUT2D eigenvalue weighted by molar-refractivity contribution is 8.07. The topological polar surface area (TPSA) is 65.7 Å². The summed E-state index contributed by atoms with van der Waals surface area (Å²) in [6.07, 6.45) is 4.63. The Morgan fingerprint density at radius 2 is 1.68 bits per heavy atom. The first-order valence-corrected chi connectivity index (χ1v) is 14.6. The van der Waals surface area contributed by atoms with Crippen LogP contribution in [-0.4, -0.2) is 26.2 Å². The number of hydrogen-bond donors (Lipinski definition) is 2. The molecule has 3 heterocycles. The molecule has 0 aliphatic carbocycles. The molecule has 1 amide bonds. The Balaban J connectivity index is 2.05. The van der Waals surface area contributed by atoms with Gasteiger partial charge in [0.2, 0.25) is 5.91 Å². The number of carbonyl (C=O) groups is 1. The summed E-state index contributed by atoms with van der Waals surface area (Å²) in [4.78, 5) is 19.0. The summed E-state index contributed by atoms with van der Waals surface area (Å²) >= 11 is 1.88. The van der Waals surface area contributed by atoms with Crippen LogP contribution in [0.5, 0.6) is 11.8 Å². The van der Waals surface area contributed by atoms with Crippen LogP contribution in [0.4, 0.5) is 5.69 Å². The van der Waals surface area contributed by atoms with Gasteiger partial charge in [-0.1, -0.05) is 52.0 Å². The van der Waals surface area contributed by atoms with Gasteiger partial charge in [0.05, 0.1) is 11.2 Å². The molecule has 2 aliphatic heterocycles. The second-order valence-corrected chi connectivity index (χ2v) is 11.6. The third kappa shape index (κ3) is 4.12. The fraction of sp³-hybridized carbons (Fsp3) is 0.516. The minimum absolute atomic E-state index is 0.112. The standard InChI is InChI=1S/C31H42N2O3S/c1-9-20-19(7)18(6)16-23-28-22(11-3)21(10-2)24(12-4)37-30(28)31(8,13-5)33(29(20)23)27(36)17-32-25(34)14-15-26(32)35/h14-16,22,34-35H,9-13,17H2,1-8H3. The molecule has 37 heavy (non-hydrogen) atoms. The highest BCUT2D eigenvalue weighted by Gasteiger charge is 2.49. The number of allylic oxidation sites excluding steroid dienone is 3. The van der Waals surface area contributed by atoms with Crippen molar-refractivity contribution in [3.05, 3.63) is 55.8 Å². The number of aromatic hydroxyl groups is 2. The van der Waals surface area contributed by atoms with Gasteiger partial charge >= 0.3 is 0 Å². The van der Waals surface area contributed by atoms with Crippen LogP contribution in [0.2, 0.25) is 0 Å². The number of anilines is 1. The third-order valence-electron chi connectivity index (χ3n) is 8.67. The number of aryl methyl sites for hydroxylation is 1. The van der Waals surface area contributed by atoms with Crippen molar-refractivity contribution >= 4 is 28.9 Å². The molecule has 0 fully saturated rings. The van der Waals surface area contributed by atoms with E-state index in [1.165, 1.54) is 59.9 Å². The molecule has 0 saturated heterocycles. The Morgan fingerprint density at radius 1 is 1.03 bits per heavy atom. The van der Waals surface area contributed by atoms with E-state index in [1.54, 1.807) is 0 Å². The van der Waals surface area contributed by atoms with Crippen molar-refractivity contribution in [3.63, 3.8) is 0 Å². The van der Waals surface area contributed by atoms with Crippen molar-refractivity contribution in [1.82, 2.24) is 4.57 Å². The first-order chi connectivity index (χ1) is 17.6. The lowest BCUT2D eigenvalue weighted by atomic mass is 9.73. The van der Waals surface area contributed by atoms with Crippen LogP contribution in [0.15, 0.2) is 33.6 Å². The van der Waals surface area contributed by atoms with Gasteiger partial charge in [0.1, 0.15) is 6.54 Å². The molecule has 0 bridgehead atoms. The number of rotatable bonds is 7. The number of amides is 1. The summed E-state index contributed by atoms with van der Waals surface area (Å²) in [6, 6.07) is 5.14. The highest BCUT2D eigenvalue weighted by atomic mass is 32.2. The van der Waals surface area contributed by atoms with Gasteiger partial charge < -0.3 is 10.2 Å². The zero-order valence-corrected chi connectivity index (χ0v) is 24.5. The Labute approximate surface area is 226 Å². The van der Waals surface area contributed by atoms with E-state index in [4.69, 9.17) is 0 Å². The molecule has 6 heteroatoms. The van der Waals surface area contributed by atoms with Gasteiger partial charge in [-0.2, -0.15) is 0 Å². The van der Waals surface area contributed by atoms with Crippen molar-refractivity contribution in [2.45, 2.75) is 99.6 Å². The van der Waals surface area contributed by atoms with E-state index in [9.17, 15) is 15.0 Å². The van der Waals surface area contributed by atoms with Crippen molar-refractivity contribution in [3.8, 4) is 11.8 Å². The average molecular weight is 523 g/mol. The number of fused-ring (bicyclic) bond motifs is 2. The minimum Gasteiger partial charge on any atom is -0.494 e. The van der Waals surface area contributed by atoms with Crippen molar-refractivity contribution < 1.29 is 15.0 Å². The first kappa shape index (κ1) is 27.4. The second-order valence-electron chi connectivity index (χ2n) is 10.5. The molecule has 2 atom stereocenters. The summed E-state index contributed by atoms with van der Waals surface area (Å²) < 4.78 is 1.28. The van der Waals surface area contributed by atoms with Crippen LogP contribution >= 0.6 is 11.8 Å². The number of hydrogen-bond acceptors (Lipinski definition) is 4. The molecule has 0 spiro atoms. The molecule has 0 saturated carbocycles. The highest BCUT2D eigenvalue weighted by Crippen LogP contribution is 2.60. The van der Waals surface area contributed by atoms with Gasteiger partial charge in [0.15, 0.2) is 11.8 Å². The number of thioether (sulfide) groups is 1. The lowest BCUT2D eigenvalue weighted by Gasteiger charge is -2.51. The van der Waals surface area contributed by atoms with Gasteiger partial charge in [-0.3, -0.25) is 14.3 Å². The first-order valence-electron chi connectivity index (χ1n) is 13.8. The molecule has 4 rings (SSSR count). The summed E-state index contributed by atoms with van der Waals surface area (Å²) in [5, 5.41) is 20.7. The smallest absolute Gasteiger partial charge is 0.248 e. The number of benzene rings is 1. The normalized spacial score (nSPS) is 21.4. The monoisotopic (exact) mass is 522 g/mol. The zero-order chi connectivity index (χ0) is 27.2. The fourth-order valence-electron chi connectivity index (χ4n) is 6.42. The van der Waals surface area contributed by atoms with E-state index >= 15 is 0 Å². The molecule has 1 aromatic heterocycles. The maximum atomic E-state index is 14.3. The summed E-state index contributed by atoms with van der Waals surface area (Å²) in [5.41, 5.74) is 8.27. The van der Waals surface area contributed by atoms with E-state index in [0.29, 0.717) is 5.92 Å². The molecule has 0 radical (unpaired) electrons. The maximum absolute atomic E-state index is 14.3. The molecular weight excluding hydrogens is 480 g/mol. The fourth-order valence-corrected chi connectivity index (χ4v) is 8.05. The van der Waals surface area contributed by atoms with Crippen LogP contribution in [0.25, 0.3) is 5.57 Å². The van der Waals surface area contributed by atoms with Crippen LogP contribution in [0, 0.1) is 19.8 Å². The van der Waals surface area contributed by atoms with Crippen LogP contribution in [0.1, 0.15) is 89.5 Å². The molecule has 5 nitrogen and oxygen atoms in total. The Hall–Kier alpha value is -2.60. The number of carbonyl (C=O) groups excluding carboxylic acids is 1. The quantitative estimate of drug-likeness (QED) is 0.388. The van der Waals surface area contributed by atoms with Gasteiger partial charge in [-0.05, 0) is 86.1 Å². The summed E-state index contributed by atoms with van der Waals surface area (Å²) in [6.45, 7) is 17.5.